The number of methoxy groups -OCH3 is 2. The van der Waals surface area contributed by atoms with Crippen LogP contribution in [-0.4, -0.2) is 26.0 Å². The van der Waals surface area contributed by atoms with Crippen LogP contribution in [0.2, 0.25) is 0 Å². The number of rotatable bonds is 4. The molecule has 0 amide bonds. The number of carbonyl (C=O) groups is 2. The van der Waals surface area contributed by atoms with Crippen LogP contribution >= 0.6 is 0 Å². The summed E-state index contributed by atoms with van der Waals surface area (Å²) in [7, 11) is 4.83. The fraction of sp³-hybridized carbons (Fsp3) is 0.321. The molecule has 1 heterocycles. The van der Waals surface area contributed by atoms with Crippen LogP contribution in [0.15, 0.2) is 79.1 Å². The SMILES string of the molecule is CC.CC.CC.COC(=O)c1ccc[n+](C)c1.COc1ccc(C(=O)c2ccccc2)cc1. The summed E-state index contributed by atoms with van der Waals surface area (Å²) >= 11 is 0. The Kier molecular flexibility index (Phi) is 19.6. The third-order valence-electron chi connectivity index (χ3n) is 3.75. The van der Waals surface area contributed by atoms with Gasteiger partial charge in [0.05, 0.1) is 14.2 Å². The van der Waals surface area contributed by atoms with Crippen molar-refractivity contribution < 1.29 is 23.6 Å². The molecule has 1 aromatic heterocycles. The zero-order chi connectivity index (χ0) is 25.6. The lowest BCUT2D eigenvalue weighted by Crippen LogP contribution is -2.27. The summed E-state index contributed by atoms with van der Waals surface area (Å²) in [6.45, 7) is 12.0. The fourth-order valence-electron chi connectivity index (χ4n) is 2.33. The van der Waals surface area contributed by atoms with Crippen LogP contribution in [-0.2, 0) is 11.8 Å². The molecule has 3 rings (SSSR count). The topological polar surface area (TPSA) is 56.5 Å². The highest BCUT2D eigenvalue weighted by molar-refractivity contribution is 6.08. The summed E-state index contributed by atoms with van der Waals surface area (Å²) in [6.07, 6.45) is 3.57. The minimum absolute atomic E-state index is 0.0308. The van der Waals surface area contributed by atoms with E-state index in [0.29, 0.717) is 16.7 Å². The molecule has 0 spiro atoms. The van der Waals surface area contributed by atoms with E-state index < -0.39 is 0 Å². The van der Waals surface area contributed by atoms with Crippen LogP contribution in [0.3, 0.4) is 0 Å². The average Bonchev–Trinajstić information content (AvgIpc) is 2.92. The first-order valence-electron chi connectivity index (χ1n) is 11.3. The lowest BCUT2D eigenvalue weighted by molar-refractivity contribution is -0.671. The van der Waals surface area contributed by atoms with Crippen LogP contribution in [0, 0.1) is 0 Å². The standard InChI is InChI=1S/C14H12O2.C8H10NO2.3C2H6/c1-16-13-9-7-12(8-10-13)14(15)11-5-3-2-4-6-11;1-9-5-3-4-7(6-9)8(10)11-2;3*1-2/h2-10H,1H3;3-6H,1-2H3;3*1-2H3/q;+1;;;. The molecule has 0 N–H and O–H groups in total. The van der Waals surface area contributed by atoms with Gasteiger partial charge in [-0.15, -0.1) is 0 Å². The van der Waals surface area contributed by atoms with Gasteiger partial charge in [0, 0.05) is 17.2 Å². The van der Waals surface area contributed by atoms with E-state index in [1.54, 1.807) is 54.3 Å². The minimum Gasteiger partial charge on any atom is -0.497 e. The maximum absolute atomic E-state index is 12.0. The summed E-state index contributed by atoms with van der Waals surface area (Å²) in [5, 5.41) is 0. The zero-order valence-corrected chi connectivity index (χ0v) is 21.6. The molecule has 2 aromatic carbocycles. The molecule has 0 aliphatic rings. The number of benzene rings is 2. The second kappa shape index (κ2) is 20.4. The Morgan fingerprint density at radius 2 is 1.15 bits per heavy atom. The molecule has 0 radical (unpaired) electrons. The Morgan fingerprint density at radius 3 is 1.61 bits per heavy atom. The lowest BCUT2D eigenvalue weighted by atomic mass is 10.0. The molecule has 0 saturated heterocycles. The Morgan fingerprint density at radius 1 is 0.667 bits per heavy atom. The van der Waals surface area contributed by atoms with Crippen molar-refractivity contribution in [1.82, 2.24) is 0 Å². The Balaban J connectivity index is 0. The summed E-state index contributed by atoms with van der Waals surface area (Å²) in [5.74, 6) is 0.481. The first kappa shape index (κ1) is 31.7. The van der Waals surface area contributed by atoms with Crippen molar-refractivity contribution in [2.24, 2.45) is 7.05 Å². The summed E-state index contributed by atoms with van der Waals surface area (Å²) < 4.78 is 11.4. The number of aromatic nitrogens is 1. The maximum Gasteiger partial charge on any atom is 0.343 e. The number of esters is 1. The zero-order valence-electron chi connectivity index (χ0n) is 21.6. The number of ketones is 1. The lowest BCUT2D eigenvalue weighted by Gasteiger charge is -2.02. The van der Waals surface area contributed by atoms with E-state index in [-0.39, 0.29) is 11.8 Å². The first-order chi connectivity index (χ1) is 16.0. The van der Waals surface area contributed by atoms with Gasteiger partial charge in [0.1, 0.15) is 18.4 Å². The van der Waals surface area contributed by atoms with Gasteiger partial charge in [0.25, 0.3) is 0 Å². The van der Waals surface area contributed by atoms with Crippen molar-refractivity contribution in [2.45, 2.75) is 41.5 Å². The van der Waals surface area contributed by atoms with Crippen molar-refractivity contribution in [3.05, 3.63) is 95.8 Å². The quantitative estimate of drug-likeness (QED) is 0.264. The summed E-state index contributed by atoms with van der Waals surface area (Å²) in [6, 6.07) is 19.9. The third-order valence-corrected chi connectivity index (χ3v) is 3.75. The third kappa shape index (κ3) is 12.2. The molecule has 0 saturated carbocycles. The van der Waals surface area contributed by atoms with Gasteiger partial charge in [0.15, 0.2) is 18.2 Å². The van der Waals surface area contributed by atoms with Crippen LogP contribution in [0.4, 0.5) is 0 Å². The van der Waals surface area contributed by atoms with Gasteiger partial charge in [-0.05, 0) is 30.3 Å². The second-order valence-electron chi connectivity index (χ2n) is 5.67. The number of aryl methyl sites for hydroxylation is 1. The van der Waals surface area contributed by atoms with Crippen LogP contribution in [0.5, 0.6) is 5.75 Å². The van der Waals surface area contributed by atoms with Gasteiger partial charge in [-0.2, -0.15) is 0 Å². The van der Waals surface area contributed by atoms with E-state index in [1.165, 1.54) is 7.11 Å². The van der Waals surface area contributed by atoms with Crippen LogP contribution in [0.1, 0.15) is 67.8 Å². The highest BCUT2D eigenvalue weighted by Gasteiger charge is 2.08. The largest absolute Gasteiger partial charge is 0.497 e. The molecule has 5 heteroatoms. The highest BCUT2D eigenvalue weighted by atomic mass is 16.5. The number of hydrogen-bond donors (Lipinski definition) is 0. The number of pyridine rings is 1. The monoisotopic (exact) mass is 454 g/mol. The van der Waals surface area contributed by atoms with E-state index >= 15 is 0 Å². The average molecular weight is 455 g/mol. The molecule has 3 aromatic rings. The first-order valence-corrected chi connectivity index (χ1v) is 11.3. The molecule has 0 atom stereocenters. The van der Waals surface area contributed by atoms with E-state index in [1.807, 2.05) is 85.1 Å². The molecule has 0 bridgehead atoms. The van der Waals surface area contributed by atoms with E-state index in [4.69, 9.17) is 4.74 Å². The van der Waals surface area contributed by atoms with Crippen molar-refractivity contribution in [2.75, 3.05) is 14.2 Å². The molecule has 0 unspecified atom stereocenters. The van der Waals surface area contributed by atoms with Crippen molar-refractivity contribution in [3.8, 4) is 5.75 Å². The molecule has 5 nitrogen and oxygen atoms in total. The molecule has 0 aliphatic heterocycles. The maximum atomic E-state index is 12.0. The van der Waals surface area contributed by atoms with Gasteiger partial charge in [-0.1, -0.05) is 71.9 Å². The van der Waals surface area contributed by atoms with Crippen molar-refractivity contribution >= 4 is 11.8 Å². The Bertz CT molecular complexity index is 891. The molecule has 0 fully saturated rings. The molecule has 0 aliphatic carbocycles. The van der Waals surface area contributed by atoms with Crippen molar-refractivity contribution in [1.29, 1.82) is 0 Å². The molecular weight excluding hydrogens is 414 g/mol. The normalized spacial score (nSPS) is 8.39. The smallest absolute Gasteiger partial charge is 0.343 e. The predicted octanol–water partition coefficient (Wildman–Crippen LogP) is 6.30. The number of hydrogen-bond acceptors (Lipinski definition) is 4. The van der Waals surface area contributed by atoms with Crippen LogP contribution < -0.4 is 9.30 Å². The number of nitrogens with zero attached hydrogens (tertiary/aromatic N) is 1. The minimum atomic E-state index is -0.304. The van der Waals surface area contributed by atoms with Crippen LogP contribution in [0.25, 0.3) is 0 Å². The second-order valence-corrected chi connectivity index (χ2v) is 5.67. The molecule has 180 valence electrons. The van der Waals surface area contributed by atoms with E-state index in [9.17, 15) is 9.59 Å². The predicted molar refractivity (Wildman–Crippen MR) is 136 cm³/mol. The summed E-state index contributed by atoms with van der Waals surface area (Å²) in [4.78, 5) is 22.9. The highest BCUT2D eigenvalue weighted by Crippen LogP contribution is 2.14. The van der Waals surface area contributed by atoms with Gasteiger partial charge in [0.2, 0.25) is 0 Å². The Hall–Kier alpha value is -3.47. The van der Waals surface area contributed by atoms with Gasteiger partial charge >= 0.3 is 5.97 Å². The van der Waals surface area contributed by atoms with Gasteiger partial charge in [-0.25, -0.2) is 9.36 Å². The van der Waals surface area contributed by atoms with Gasteiger partial charge < -0.3 is 9.47 Å². The fourth-order valence-corrected chi connectivity index (χ4v) is 2.33. The molecular formula is C28H40NO4+. The van der Waals surface area contributed by atoms with Crippen molar-refractivity contribution in [3.63, 3.8) is 0 Å². The van der Waals surface area contributed by atoms with Gasteiger partial charge in [-0.3, -0.25) is 4.79 Å². The number of carbonyl (C=O) groups excluding carboxylic acids is 2. The Labute approximate surface area is 200 Å². The summed E-state index contributed by atoms with van der Waals surface area (Å²) in [5.41, 5.74) is 1.94. The number of ether oxygens (including phenoxy) is 2. The van der Waals surface area contributed by atoms with E-state index in [2.05, 4.69) is 4.74 Å². The molecule has 33 heavy (non-hydrogen) atoms. The van der Waals surface area contributed by atoms with E-state index in [0.717, 1.165) is 5.75 Å².